The number of nitrogens with zero attached hydrogens (tertiary/aromatic N) is 1. The Kier molecular flexibility index (Phi) is 5.40. The standard InChI is InChI=1S/C20H25N3O5/c1-12-8-10-20(11-9-12)18(26)23(19(27)21-20)22-17(25)14(3)28-16-6-4-15(5-7-16)13(2)24/h4-7,12,14H,8-11H2,1-3H3,(H,21,27)(H,22,25). The Bertz CT molecular complexity index is 797. The van der Waals surface area contributed by atoms with Crippen LogP contribution < -0.4 is 15.5 Å². The Balaban J connectivity index is 1.61. The lowest BCUT2D eigenvalue weighted by Crippen LogP contribution is -2.53. The van der Waals surface area contributed by atoms with Gasteiger partial charge in [-0.1, -0.05) is 6.92 Å². The van der Waals surface area contributed by atoms with Crippen LogP contribution in [0.25, 0.3) is 0 Å². The molecule has 0 aromatic heterocycles. The number of urea groups is 1. The third-order valence-corrected chi connectivity index (χ3v) is 5.45. The Morgan fingerprint density at radius 1 is 1.21 bits per heavy atom. The van der Waals surface area contributed by atoms with Gasteiger partial charge >= 0.3 is 6.03 Å². The van der Waals surface area contributed by atoms with E-state index in [0.29, 0.717) is 30.1 Å². The molecule has 4 amide bonds. The van der Waals surface area contributed by atoms with E-state index in [1.807, 2.05) is 0 Å². The van der Waals surface area contributed by atoms with Gasteiger partial charge in [-0.05, 0) is 69.7 Å². The van der Waals surface area contributed by atoms with Crippen LogP contribution in [0.3, 0.4) is 0 Å². The van der Waals surface area contributed by atoms with Crippen LogP contribution in [0.4, 0.5) is 4.79 Å². The number of ketones is 1. The van der Waals surface area contributed by atoms with Crippen LogP contribution in [0, 0.1) is 5.92 Å². The molecular weight excluding hydrogens is 362 g/mol. The molecule has 1 aromatic rings. The topological polar surface area (TPSA) is 105 Å². The summed E-state index contributed by atoms with van der Waals surface area (Å²) < 4.78 is 5.55. The van der Waals surface area contributed by atoms with Crippen molar-refractivity contribution < 1.29 is 23.9 Å². The number of hydrogen-bond acceptors (Lipinski definition) is 5. The Morgan fingerprint density at radius 2 is 1.82 bits per heavy atom. The van der Waals surface area contributed by atoms with E-state index < -0.39 is 29.5 Å². The molecule has 1 heterocycles. The van der Waals surface area contributed by atoms with Crippen molar-refractivity contribution in [3.05, 3.63) is 29.8 Å². The van der Waals surface area contributed by atoms with Crippen molar-refractivity contribution in [2.75, 3.05) is 0 Å². The molecule has 0 radical (unpaired) electrons. The number of benzene rings is 1. The van der Waals surface area contributed by atoms with Gasteiger partial charge in [0, 0.05) is 5.56 Å². The SMILES string of the molecule is CC(=O)c1ccc(OC(C)C(=O)NN2C(=O)NC3(CCC(C)CC3)C2=O)cc1. The van der Waals surface area contributed by atoms with Gasteiger partial charge in [-0.2, -0.15) is 5.01 Å². The fourth-order valence-electron chi connectivity index (χ4n) is 3.54. The highest BCUT2D eigenvalue weighted by Crippen LogP contribution is 2.35. The minimum atomic E-state index is -0.938. The van der Waals surface area contributed by atoms with E-state index in [1.54, 1.807) is 24.3 Å². The van der Waals surface area contributed by atoms with Crippen molar-refractivity contribution in [1.29, 1.82) is 0 Å². The highest BCUT2D eigenvalue weighted by Gasteiger charge is 2.53. The summed E-state index contributed by atoms with van der Waals surface area (Å²) in [7, 11) is 0. The van der Waals surface area contributed by atoms with E-state index in [4.69, 9.17) is 4.74 Å². The molecule has 2 N–H and O–H groups in total. The molecule has 1 unspecified atom stereocenters. The molecule has 1 aromatic carbocycles. The van der Waals surface area contributed by atoms with E-state index in [0.717, 1.165) is 17.9 Å². The predicted octanol–water partition coefficient (Wildman–Crippen LogP) is 2.19. The second-order valence-electron chi connectivity index (χ2n) is 7.65. The van der Waals surface area contributed by atoms with Crippen molar-refractivity contribution in [3.8, 4) is 5.75 Å². The molecule has 2 aliphatic rings. The lowest BCUT2D eigenvalue weighted by molar-refractivity contribution is -0.142. The van der Waals surface area contributed by atoms with Gasteiger partial charge in [-0.3, -0.25) is 19.8 Å². The maximum atomic E-state index is 12.8. The minimum Gasteiger partial charge on any atom is -0.481 e. The number of amides is 4. The summed E-state index contributed by atoms with van der Waals surface area (Å²) >= 11 is 0. The molecule has 2 fully saturated rings. The van der Waals surface area contributed by atoms with Gasteiger partial charge in [0.25, 0.3) is 11.8 Å². The number of carbonyl (C=O) groups excluding carboxylic acids is 4. The highest BCUT2D eigenvalue weighted by molar-refractivity contribution is 6.08. The normalized spacial score (nSPS) is 25.4. The first-order valence-corrected chi connectivity index (χ1v) is 9.47. The molecule has 1 saturated heterocycles. The average Bonchev–Trinajstić information content (AvgIpc) is 2.89. The van der Waals surface area contributed by atoms with Crippen molar-refractivity contribution in [1.82, 2.24) is 15.8 Å². The van der Waals surface area contributed by atoms with Crippen molar-refractivity contribution in [3.63, 3.8) is 0 Å². The molecule has 0 bridgehead atoms. The fraction of sp³-hybridized carbons (Fsp3) is 0.500. The molecule has 1 saturated carbocycles. The summed E-state index contributed by atoms with van der Waals surface area (Å²) in [5.41, 5.74) is 1.99. The number of imide groups is 1. The molecule has 1 atom stereocenters. The largest absolute Gasteiger partial charge is 0.481 e. The molecule has 28 heavy (non-hydrogen) atoms. The van der Waals surface area contributed by atoms with Gasteiger partial charge in [-0.25, -0.2) is 4.79 Å². The second kappa shape index (κ2) is 7.61. The minimum absolute atomic E-state index is 0.0677. The van der Waals surface area contributed by atoms with Crippen LogP contribution in [0.5, 0.6) is 5.75 Å². The Morgan fingerprint density at radius 3 is 2.39 bits per heavy atom. The second-order valence-corrected chi connectivity index (χ2v) is 7.65. The zero-order valence-electron chi connectivity index (χ0n) is 16.3. The first kappa shape index (κ1) is 19.9. The van der Waals surface area contributed by atoms with Crippen LogP contribution >= 0.6 is 0 Å². The molecule has 1 spiro atoms. The van der Waals surface area contributed by atoms with Crippen LogP contribution in [-0.4, -0.2) is 40.3 Å². The quantitative estimate of drug-likeness (QED) is 0.595. The van der Waals surface area contributed by atoms with Gasteiger partial charge < -0.3 is 10.1 Å². The number of ether oxygens (including phenoxy) is 1. The van der Waals surface area contributed by atoms with E-state index in [9.17, 15) is 19.2 Å². The van der Waals surface area contributed by atoms with Gasteiger partial charge in [0.05, 0.1) is 0 Å². The van der Waals surface area contributed by atoms with Crippen molar-refractivity contribution in [2.24, 2.45) is 5.92 Å². The van der Waals surface area contributed by atoms with Gasteiger partial charge in [0.1, 0.15) is 11.3 Å². The maximum Gasteiger partial charge on any atom is 0.344 e. The van der Waals surface area contributed by atoms with Crippen molar-refractivity contribution in [2.45, 2.75) is 58.1 Å². The first-order chi connectivity index (χ1) is 13.2. The van der Waals surface area contributed by atoms with Gasteiger partial charge in [0.2, 0.25) is 0 Å². The van der Waals surface area contributed by atoms with E-state index >= 15 is 0 Å². The fourth-order valence-corrected chi connectivity index (χ4v) is 3.54. The lowest BCUT2D eigenvalue weighted by Gasteiger charge is -2.33. The molecule has 3 rings (SSSR count). The monoisotopic (exact) mass is 387 g/mol. The summed E-state index contributed by atoms with van der Waals surface area (Å²) in [6, 6.07) is 5.77. The molecule has 150 valence electrons. The molecule has 1 aliphatic heterocycles. The number of hydrogen-bond donors (Lipinski definition) is 2. The highest BCUT2D eigenvalue weighted by atomic mass is 16.5. The Hall–Kier alpha value is -2.90. The molecule has 1 aliphatic carbocycles. The number of hydrazine groups is 1. The van der Waals surface area contributed by atoms with Crippen LogP contribution in [0.1, 0.15) is 56.8 Å². The Labute approximate surface area is 163 Å². The van der Waals surface area contributed by atoms with Crippen molar-refractivity contribution >= 4 is 23.6 Å². The third kappa shape index (κ3) is 3.85. The zero-order valence-corrected chi connectivity index (χ0v) is 16.3. The predicted molar refractivity (Wildman–Crippen MR) is 100 cm³/mol. The number of rotatable bonds is 5. The summed E-state index contributed by atoms with van der Waals surface area (Å²) in [6.07, 6.45) is 1.90. The maximum absolute atomic E-state index is 12.8. The van der Waals surface area contributed by atoms with Crippen LogP contribution in [0.2, 0.25) is 0 Å². The van der Waals surface area contributed by atoms with E-state index in [-0.39, 0.29) is 5.78 Å². The number of nitrogens with one attached hydrogen (secondary N) is 2. The summed E-state index contributed by atoms with van der Waals surface area (Å²) in [4.78, 5) is 48.8. The van der Waals surface area contributed by atoms with Gasteiger partial charge in [-0.15, -0.1) is 0 Å². The number of Topliss-reactive ketones (excluding diaryl/α,β-unsaturated/α-hetero) is 1. The first-order valence-electron chi connectivity index (χ1n) is 9.47. The van der Waals surface area contributed by atoms with Crippen LogP contribution in [0.15, 0.2) is 24.3 Å². The lowest BCUT2D eigenvalue weighted by atomic mass is 9.77. The van der Waals surface area contributed by atoms with Gasteiger partial charge in [0.15, 0.2) is 11.9 Å². The average molecular weight is 387 g/mol. The van der Waals surface area contributed by atoms with E-state index in [2.05, 4.69) is 17.7 Å². The summed E-state index contributed by atoms with van der Waals surface area (Å²) in [6.45, 7) is 5.10. The summed E-state index contributed by atoms with van der Waals surface area (Å²) in [5, 5.41) is 3.51. The molecular formula is C20H25N3O5. The van der Waals surface area contributed by atoms with E-state index in [1.165, 1.54) is 13.8 Å². The van der Waals surface area contributed by atoms with Crippen LogP contribution in [-0.2, 0) is 9.59 Å². The summed E-state index contributed by atoms with van der Waals surface area (Å²) in [5.74, 6) is -0.178. The zero-order chi connectivity index (χ0) is 20.5. The molecule has 8 heteroatoms. The smallest absolute Gasteiger partial charge is 0.344 e. The molecule has 8 nitrogen and oxygen atoms in total. The number of carbonyl (C=O) groups is 4. The third-order valence-electron chi connectivity index (χ3n) is 5.45.